The molecule has 0 spiro atoms. The van der Waals surface area contributed by atoms with Crippen molar-refractivity contribution < 1.29 is 23.4 Å². The molecule has 0 heterocycles. The number of azo groups is 1. The summed E-state index contributed by atoms with van der Waals surface area (Å²) < 4.78 is 38.4. The maximum atomic E-state index is 12.8. The Hall–Kier alpha value is -3.68. The Morgan fingerprint density at radius 1 is 0.867 bits per heavy atom. The molecule has 0 amide bonds. The van der Waals surface area contributed by atoms with Gasteiger partial charge in [-0.15, -0.1) is 0 Å². The SMILES string of the molecule is Cc1cc(C)c(O)c(N=Cc2cc(N=Nc3cccc(C(F)(F)F)c3)ccc2O)c1. The summed E-state index contributed by atoms with van der Waals surface area (Å²) in [4.78, 5) is 4.22. The third-order valence-electron chi connectivity index (χ3n) is 4.23. The molecule has 0 aromatic heterocycles. The van der Waals surface area contributed by atoms with Crippen LogP contribution in [0.2, 0.25) is 0 Å². The van der Waals surface area contributed by atoms with Crippen molar-refractivity contribution in [2.45, 2.75) is 20.0 Å². The number of nitrogens with zero attached hydrogens (tertiary/aromatic N) is 3. The summed E-state index contributed by atoms with van der Waals surface area (Å²) in [6.07, 6.45) is -3.10. The van der Waals surface area contributed by atoms with E-state index in [1.165, 1.54) is 36.5 Å². The number of hydrogen-bond donors (Lipinski definition) is 2. The fourth-order valence-electron chi connectivity index (χ4n) is 2.74. The predicted octanol–water partition coefficient (Wildman–Crippen LogP) is 6.90. The first-order valence-corrected chi connectivity index (χ1v) is 8.90. The Kier molecular flexibility index (Phi) is 5.86. The summed E-state index contributed by atoms with van der Waals surface area (Å²) in [6.45, 7) is 3.63. The number of hydrogen-bond acceptors (Lipinski definition) is 5. The van der Waals surface area contributed by atoms with Crippen LogP contribution in [0.25, 0.3) is 0 Å². The highest BCUT2D eigenvalue weighted by Crippen LogP contribution is 2.33. The van der Waals surface area contributed by atoms with Crippen LogP contribution in [-0.4, -0.2) is 16.4 Å². The molecular weight excluding hydrogens is 395 g/mol. The molecule has 0 atom stereocenters. The van der Waals surface area contributed by atoms with Gasteiger partial charge in [0.25, 0.3) is 0 Å². The third-order valence-corrected chi connectivity index (χ3v) is 4.23. The molecule has 0 unspecified atom stereocenters. The highest BCUT2D eigenvalue weighted by atomic mass is 19.4. The molecule has 8 heteroatoms. The van der Waals surface area contributed by atoms with Gasteiger partial charge in [0.1, 0.15) is 17.2 Å². The maximum absolute atomic E-state index is 12.8. The van der Waals surface area contributed by atoms with Crippen molar-refractivity contribution in [3.05, 3.63) is 76.9 Å². The van der Waals surface area contributed by atoms with Crippen molar-refractivity contribution in [2.75, 3.05) is 0 Å². The van der Waals surface area contributed by atoms with Gasteiger partial charge in [0.15, 0.2) is 0 Å². The Bertz CT molecular complexity index is 1140. The first kappa shape index (κ1) is 21.0. The minimum absolute atomic E-state index is 0.0386. The lowest BCUT2D eigenvalue weighted by Gasteiger charge is -2.06. The van der Waals surface area contributed by atoms with E-state index in [2.05, 4.69) is 15.2 Å². The molecule has 0 radical (unpaired) electrons. The molecule has 3 aromatic carbocycles. The lowest BCUT2D eigenvalue weighted by atomic mass is 10.1. The number of benzene rings is 3. The lowest BCUT2D eigenvalue weighted by molar-refractivity contribution is -0.137. The minimum Gasteiger partial charge on any atom is -0.507 e. The number of phenolic OH excluding ortho intramolecular Hbond substituents is 2. The van der Waals surface area contributed by atoms with Gasteiger partial charge in [-0.1, -0.05) is 12.1 Å². The molecule has 30 heavy (non-hydrogen) atoms. The number of aliphatic imine (C=N–C) groups is 1. The molecule has 3 rings (SSSR count). The van der Waals surface area contributed by atoms with Gasteiger partial charge < -0.3 is 10.2 Å². The van der Waals surface area contributed by atoms with Crippen LogP contribution >= 0.6 is 0 Å². The Morgan fingerprint density at radius 2 is 1.57 bits per heavy atom. The van der Waals surface area contributed by atoms with Crippen molar-refractivity contribution in [2.24, 2.45) is 15.2 Å². The van der Waals surface area contributed by atoms with Crippen LogP contribution < -0.4 is 0 Å². The molecule has 2 N–H and O–H groups in total. The summed E-state index contributed by atoms with van der Waals surface area (Å²) in [5.74, 6) is -0.0302. The van der Waals surface area contributed by atoms with Crippen LogP contribution in [0.5, 0.6) is 11.5 Å². The monoisotopic (exact) mass is 413 g/mol. The number of aryl methyl sites for hydroxylation is 2. The highest BCUT2D eigenvalue weighted by Gasteiger charge is 2.30. The van der Waals surface area contributed by atoms with E-state index in [1.807, 2.05) is 13.0 Å². The zero-order valence-electron chi connectivity index (χ0n) is 16.1. The Morgan fingerprint density at radius 3 is 2.27 bits per heavy atom. The van der Waals surface area contributed by atoms with Crippen LogP contribution in [0.15, 0.2) is 69.8 Å². The fourth-order valence-corrected chi connectivity index (χ4v) is 2.74. The first-order valence-electron chi connectivity index (χ1n) is 8.90. The van der Waals surface area contributed by atoms with Gasteiger partial charge >= 0.3 is 6.18 Å². The van der Waals surface area contributed by atoms with Crippen molar-refractivity contribution in [3.8, 4) is 11.5 Å². The molecule has 0 aliphatic carbocycles. The summed E-state index contributed by atoms with van der Waals surface area (Å²) in [7, 11) is 0. The molecular formula is C22H18F3N3O2. The molecule has 154 valence electrons. The van der Waals surface area contributed by atoms with Crippen LogP contribution in [0.4, 0.5) is 30.2 Å². The van der Waals surface area contributed by atoms with E-state index >= 15 is 0 Å². The Balaban J connectivity index is 1.87. The molecule has 0 saturated heterocycles. The summed E-state index contributed by atoms with van der Waals surface area (Å²) in [5, 5.41) is 27.9. The van der Waals surface area contributed by atoms with Crippen molar-refractivity contribution in [1.82, 2.24) is 0 Å². The molecule has 3 aromatic rings. The van der Waals surface area contributed by atoms with Gasteiger partial charge in [0, 0.05) is 11.8 Å². The summed E-state index contributed by atoms with van der Waals surface area (Å²) >= 11 is 0. The molecule has 0 fully saturated rings. The molecule has 0 saturated carbocycles. The maximum Gasteiger partial charge on any atom is 0.416 e. The van der Waals surface area contributed by atoms with E-state index in [0.29, 0.717) is 22.5 Å². The zero-order valence-corrected chi connectivity index (χ0v) is 16.1. The third kappa shape index (κ3) is 5.02. The van der Waals surface area contributed by atoms with Gasteiger partial charge in [-0.05, 0) is 67.4 Å². The van der Waals surface area contributed by atoms with E-state index in [9.17, 15) is 23.4 Å². The number of aromatic hydroxyl groups is 2. The standard InChI is InChI=1S/C22H18F3N3O2/c1-13-8-14(2)21(30)19(9-13)26-12-15-10-18(6-7-20(15)29)28-27-17-5-3-4-16(11-17)22(23,24)25/h3-12,29-30H,1-2H3. The van der Waals surface area contributed by atoms with Gasteiger partial charge in [-0.3, -0.25) is 4.99 Å². The van der Waals surface area contributed by atoms with E-state index in [4.69, 9.17) is 0 Å². The number of rotatable bonds is 4. The second kappa shape index (κ2) is 8.36. The largest absolute Gasteiger partial charge is 0.507 e. The second-order valence-corrected chi connectivity index (χ2v) is 6.70. The van der Waals surface area contributed by atoms with Gasteiger partial charge in [0.2, 0.25) is 0 Å². The lowest BCUT2D eigenvalue weighted by Crippen LogP contribution is -2.03. The first-order chi connectivity index (χ1) is 14.1. The normalized spacial score (nSPS) is 12.2. The summed E-state index contributed by atoms with van der Waals surface area (Å²) in [5.41, 5.74) is 1.81. The van der Waals surface area contributed by atoms with E-state index in [-0.39, 0.29) is 17.2 Å². The molecule has 0 aliphatic heterocycles. The second-order valence-electron chi connectivity index (χ2n) is 6.70. The highest BCUT2D eigenvalue weighted by molar-refractivity contribution is 5.87. The minimum atomic E-state index is -4.46. The zero-order chi connectivity index (χ0) is 21.9. The van der Waals surface area contributed by atoms with Gasteiger partial charge in [0.05, 0.1) is 16.9 Å². The number of halogens is 3. The van der Waals surface area contributed by atoms with Crippen LogP contribution in [0.3, 0.4) is 0 Å². The van der Waals surface area contributed by atoms with Crippen molar-refractivity contribution >= 4 is 23.3 Å². The molecule has 5 nitrogen and oxygen atoms in total. The van der Waals surface area contributed by atoms with Crippen LogP contribution in [0.1, 0.15) is 22.3 Å². The number of alkyl halides is 3. The molecule has 0 aliphatic rings. The molecule has 0 bridgehead atoms. The average Bonchev–Trinajstić information content (AvgIpc) is 2.69. The predicted molar refractivity (Wildman–Crippen MR) is 109 cm³/mol. The Labute approximate surface area is 170 Å². The summed E-state index contributed by atoms with van der Waals surface area (Å²) in [6, 6.07) is 12.4. The topological polar surface area (TPSA) is 77.5 Å². The van der Waals surface area contributed by atoms with Crippen molar-refractivity contribution in [1.29, 1.82) is 0 Å². The smallest absolute Gasteiger partial charge is 0.416 e. The number of phenols is 2. The van der Waals surface area contributed by atoms with E-state index < -0.39 is 11.7 Å². The average molecular weight is 413 g/mol. The van der Waals surface area contributed by atoms with E-state index in [0.717, 1.165) is 17.7 Å². The van der Waals surface area contributed by atoms with Gasteiger partial charge in [-0.2, -0.15) is 23.4 Å². The van der Waals surface area contributed by atoms with Crippen LogP contribution in [-0.2, 0) is 6.18 Å². The van der Waals surface area contributed by atoms with Crippen LogP contribution in [0, 0.1) is 13.8 Å². The quantitative estimate of drug-likeness (QED) is 0.360. The van der Waals surface area contributed by atoms with Crippen molar-refractivity contribution in [3.63, 3.8) is 0 Å². The van der Waals surface area contributed by atoms with E-state index in [1.54, 1.807) is 13.0 Å². The van der Waals surface area contributed by atoms with Gasteiger partial charge in [-0.25, -0.2) is 0 Å². The fraction of sp³-hybridized carbons (Fsp3) is 0.136.